The molecule has 0 saturated heterocycles. The Morgan fingerprint density at radius 2 is 2.44 bits per heavy atom. The molecule has 3 N–H and O–H groups in total. The second-order valence-electron chi connectivity index (χ2n) is 3.27. The fraction of sp³-hybridized carbons (Fsp3) is 0.400. The highest BCUT2D eigenvalue weighted by Gasteiger charge is 2.11. The van der Waals surface area contributed by atoms with Crippen LogP contribution in [0.5, 0.6) is 0 Å². The van der Waals surface area contributed by atoms with Crippen LogP contribution in [0.25, 0.3) is 0 Å². The highest BCUT2D eigenvalue weighted by molar-refractivity contribution is 7.98. The van der Waals surface area contributed by atoms with E-state index in [-0.39, 0.29) is 5.84 Å². The number of rotatable bonds is 5. The first kappa shape index (κ1) is 12.6. The van der Waals surface area contributed by atoms with Gasteiger partial charge in [0.15, 0.2) is 5.84 Å². The number of amidine groups is 1. The normalized spacial score (nSPS) is 11.5. The van der Waals surface area contributed by atoms with E-state index < -0.39 is 0 Å². The SMILES string of the molecule is CSCCN(C)c1cccnc1/C(N)=N/O. The molecule has 0 radical (unpaired) electrons. The second kappa shape index (κ2) is 6.22. The number of hydrogen-bond acceptors (Lipinski definition) is 5. The Bertz CT molecular complexity index is 370. The minimum atomic E-state index is 0.0339. The first-order chi connectivity index (χ1) is 7.70. The Balaban J connectivity index is 2.94. The maximum atomic E-state index is 8.67. The molecule has 1 aromatic rings. The summed E-state index contributed by atoms with van der Waals surface area (Å²) in [6.45, 7) is 0.887. The second-order valence-corrected chi connectivity index (χ2v) is 4.26. The highest BCUT2D eigenvalue weighted by Crippen LogP contribution is 2.16. The molecule has 0 atom stereocenters. The summed E-state index contributed by atoms with van der Waals surface area (Å²) in [4.78, 5) is 6.15. The molecule has 6 heteroatoms. The maximum absolute atomic E-state index is 8.67. The number of oxime groups is 1. The molecule has 0 spiro atoms. The van der Waals surface area contributed by atoms with Crippen molar-refractivity contribution < 1.29 is 5.21 Å². The van der Waals surface area contributed by atoms with E-state index >= 15 is 0 Å². The molecular weight excluding hydrogens is 224 g/mol. The topological polar surface area (TPSA) is 74.7 Å². The van der Waals surface area contributed by atoms with Gasteiger partial charge in [-0.2, -0.15) is 11.8 Å². The highest BCUT2D eigenvalue weighted by atomic mass is 32.2. The molecule has 1 heterocycles. The Labute approximate surface area is 99.3 Å². The number of anilines is 1. The van der Waals surface area contributed by atoms with Crippen LogP contribution in [0.1, 0.15) is 5.69 Å². The van der Waals surface area contributed by atoms with Crippen LogP contribution in [-0.4, -0.2) is 41.6 Å². The average molecular weight is 240 g/mol. The largest absolute Gasteiger partial charge is 0.409 e. The van der Waals surface area contributed by atoms with E-state index in [0.717, 1.165) is 18.0 Å². The lowest BCUT2D eigenvalue weighted by Gasteiger charge is -2.20. The zero-order valence-corrected chi connectivity index (χ0v) is 10.2. The summed E-state index contributed by atoms with van der Waals surface area (Å²) in [7, 11) is 1.96. The molecular formula is C10H16N4OS. The molecule has 0 aromatic carbocycles. The Morgan fingerprint density at radius 1 is 1.69 bits per heavy atom. The summed E-state index contributed by atoms with van der Waals surface area (Å²) in [6, 6.07) is 3.74. The summed E-state index contributed by atoms with van der Waals surface area (Å²) in [5, 5.41) is 11.7. The van der Waals surface area contributed by atoms with Gasteiger partial charge >= 0.3 is 0 Å². The molecule has 1 rings (SSSR count). The third kappa shape index (κ3) is 3.03. The maximum Gasteiger partial charge on any atom is 0.190 e. The van der Waals surface area contributed by atoms with Gasteiger partial charge in [0, 0.05) is 25.5 Å². The van der Waals surface area contributed by atoms with Gasteiger partial charge < -0.3 is 15.8 Å². The van der Waals surface area contributed by atoms with E-state index in [2.05, 4.69) is 16.4 Å². The summed E-state index contributed by atoms with van der Waals surface area (Å²) in [5.41, 5.74) is 6.94. The van der Waals surface area contributed by atoms with E-state index in [0.29, 0.717) is 5.69 Å². The van der Waals surface area contributed by atoms with Crippen LogP contribution in [0.2, 0.25) is 0 Å². The van der Waals surface area contributed by atoms with Gasteiger partial charge in [0.1, 0.15) is 5.69 Å². The van der Waals surface area contributed by atoms with Crippen LogP contribution in [0.15, 0.2) is 23.5 Å². The van der Waals surface area contributed by atoms with E-state index in [1.165, 1.54) is 0 Å². The van der Waals surface area contributed by atoms with Crippen molar-refractivity contribution in [3.8, 4) is 0 Å². The van der Waals surface area contributed by atoms with Crippen molar-refractivity contribution in [3.05, 3.63) is 24.0 Å². The smallest absolute Gasteiger partial charge is 0.190 e. The van der Waals surface area contributed by atoms with Crippen LogP contribution in [-0.2, 0) is 0 Å². The van der Waals surface area contributed by atoms with Crippen molar-refractivity contribution in [2.24, 2.45) is 10.9 Å². The summed E-state index contributed by atoms with van der Waals surface area (Å²) < 4.78 is 0. The van der Waals surface area contributed by atoms with Crippen molar-refractivity contribution in [2.45, 2.75) is 0 Å². The summed E-state index contributed by atoms with van der Waals surface area (Å²) >= 11 is 1.77. The predicted molar refractivity (Wildman–Crippen MR) is 68.4 cm³/mol. The minimum absolute atomic E-state index is 0.0339. The van der Waals surface area contributed by atoms with Crippen molar-refractivity contribution >= 4 is 23.3 Å². The lowest BCUT2D eigenvalue weighted by atomic mass is 10.2. The van der Waals surface area contributed by atoms with Gasteiger partial charge in [-0.25, -0.2) is 0 Å². The summed E-state index contributed by atoms with van der Waals surface area (Å²) in [5.74, 6) is 1.05. The molecule has 5 nitrogen and oxygen atoms in total. The van der Waals surface area contributed by atoms with Crippen molar-refractivity contribution in [1.29, 1.82) is 0 Å². The van der Waals surface area contributed by atoms with Crippen molar-refractivity contribution in [2.75, 3.05) is 30.5 Å². The number of nitrogens with zero attached hydrogens (tertiary/aromatic N) is 3. The number of hydrogen-bond donors (Lipinski definition) is 2. The van der Waals surface area contributed by atoms with Gasteiger partial charge in [0.25, 0.3) is 0 Å². The van der Waals surface area contributed by atoms with Gasteiger partial charge in [-0.05, 0) is 18.4 Å². The van der Waals surface area contributed by atoms with Crippen LogP contribution < -0.4 is 10.6 Å². The molecule has 1 aromatic heterocycles. The molecule has 0 aliphatic heterocycles. The van der Waals surface area contributed by atoms with Gasteiger partial charge in [0.2, 0.25) is 0 Å². The van der Waals surface area contributed by atoms with E-state index in [1.807, 2.05) is 24.1 Å². The average Bonchev–Trinajstić information content (AvgIpc) is 2.35. The monoisotopic (exact) mass is 240 g/mol. The zero-order chi connectivity index (χ0) is 12.0. The molecule has 0 fully saturated rings. The predicted octanol–water partition coefficient (Wildman–Crippen LogP) is 0.975. The third-order valence-electron chi connectivity index (χ3n) is 2.18. The Hall–Kier alpha value is -1.43. The zero-order valence-electron chi connectivity index (χ0n) is 9.42. The quantitative estimate of drug-likeness (QED) is 0.347. The van der Waals surface area contributed by atoms with Gasteiger partial charge in [-0.1, -0.05) is 5.16 Å². The van der Waals surface area contributed by atoms with E-state index in [9.17, 15) is 0 Å². The lowest BCUT2D eigenvalue weighted by Crippen LogP contribution is -2.25. The van der Waals surface area contributed by atoms with Gasteiger partial charge in [-0.15, -0.1) is 0 Å². The van der Waals surface area contributed by atoms with E-state index in [1.54, 1.807) is 18.0 Å². The number of pyridine rings is 1. The molecule has 0 amide bonds. The molecule has 16 heavy (non-hydrogen) atoms. The molecule has 0 saturated carbocycles. The number of nitrogens with two attached hydrogens (primary N) is 1. The Morgan fingerprint density at radius 3 is 3.06 bits per heavy atom. The molecule has 0 aliphatic carbocycles. The van der Waals surface area contributed by atoms with Crippen LogP contribution >= 0.6 is 11.8 Å². The molecule has 0 aliphatic rings. The van der Waals surface area contributed by atoms with Gasteiger partial charge in [0.05, 0.1) is 5.69 Å². The Kier molecular flexibility index (Phi) is 4.91. The van der Waals surface area contributed by atoms with Crippen LogP contribution in [0, 0.1) is 0 Å². The standard InChI is InChI=1S/C10H16N4OS/c1-14(6-7-16-2)8-4-3-5-12-9(8)10(11)13-15/h3-5,15H,6-7H2,1-2H3,(H2,11,13). The molecule has 0 bridgehead atoms. The van der Waals surface area contributed by atoms with Crippen LogP contribution in [0.3, 0.4) is 0 Å². The van der Waals surface area contributed by atoms with Crippen molar-refractivity contribution in [3.63, 3.8) is 0 Å². The first-order valence-electron chi connectivity index (χ1n) is 4.83. The van der Waals surface area contributed by atoms with Crippen LogP contribution in [0.4, 0.5) is 5.69 Å². The first-order valence-corrected chi connectivity index (χ1v) is 6.23. The van der Waals surface area contributed by atoms with Gasteiger partial charge in [-0.3, -0.25) is 4.98 Å². The minimum Gasteiger partial charge on any atom is -0.409 e. The molecule has 0 unspecified atom stereocenters. The number of aromatic nitrogens is 1. The number of thioether (sulfide) groups is 1. The van der Waals surface area contributed by atoms with Crippen molar-refractivity contribution in [1.82, 2.24) is 4.98 Å². The fourth-order valence-electron chi connectivity index (χ4n) is 1.30. The fourth-order valence-corrected chi connectivity index (χ4v) is 1.75. The lowest BCUT2D eigenvalue weighted by molar-refractivity contribution is 0.318. The molecule has 88 valence electrons. The van der Waals surface area contributed by atoms with E-state index in [4.69, 9.17) is 10.9 Å². The third-order valence-corrected chi connectivity index (χ3v) is 2.77. The summed E-state index contributed by atoms with van der Waals surface area (Å²) in [6.07, 6.45) is 3.68.